The van der Waals surface area contributed by atoms with Gasteiger partial charge in [-0.15, -0.1) is 0 Å². The van der Waals surface area contributed by atoms with Gasteiger partial charge in [-0.2, -0.15) is 0 Å². The van der Waals surface area contributed by atoms with Crippen LogP contribution in [0.3, 0.4) is 0 Å². The lowest BCUT2D eigenvalue weighted by Gasteiger charge is -2.34. The average Bonchev–Trinajstić information content (AvgIpc) is 2.27. The minimum atomic E-state index is 0.00886. The highest BCUT2D eigenvalue weighted by Gasteiger charge is 2.15. The van der Waals surface area contributed by atoms with Crippen molar-refractivity contribution < 1.29 is 9.90 Å². The monoisotopic (exact) mass is 230 g/mol. The number of nitrogens with zero attached hydrogens (tertiary/aromatic N) is 2. The molecule has 1 rings (SSSR count). The van der Waals surface area contributed by atoms with Crippen molar-refractivity contribution in [2.45, 2.75) is 6.92 Å². The van der Waals surface area contributed by atoms with E-state index >= 15 is 0 Å². The molecule has 0 radical (unpaired) electrons. The van der Waals surface area contributed by atoms with E-state index in [9.17, 15) is 4.79 Å². The molecule has 1 aliphatic heterocycles. The third-order valence-electron chi connectivity index (χ3n) is 2.62. The lowest BCUT2D eigenvalue weighted by Crippen LogP contribution is -2.53. The van der Waals surface area contributed by atoms with Gasteiger partial charge in [-0.3, -0.25) is 15.1 Å². The Morgan fingerprint density at radius 3 is 2.50 bits per heavy atom. The summed E-state index contributed by atoms with van der Waals surface area (Å²) in [7, 11) is 0. The van der Waals surface area contributed by atoms with Gasteiger partial charge in [0.05, 0.1) is 6.61 Å². The molecule has 16 heavy (non-hydrogen) atoms. The number of β-amino-alcohol motifs (C(OH)–C–C–N with tert-alkyl or cyclic N) is 1. The zero-order valence-corrected chi connectivity index (χ0v) is 9.91. The smallest absolute Gasteiger partial charge is 0.216 e. The van der Waals surface area contributed by atoms with Crippen LogP contribution in [0.4, 0.5) is 0 Å². The molecule has 6 heteroatoms. The summed E-state index contributed by atoms with van der Waals surface area (Å²) in [5.41, 5.74) is 3.27. The molecule has 1 amide bonds. The SMILES string of the molecule is CC(=O)NCCNN1CCN(CCO)CC1. The molecule has 0 aromatic carbocycles. The number of amides is 1. The molecular formula is C10H22N4O2. The maximum atomic E-state index is 10.6. The molecule has 0 aromatic rings. The summed E-state index contributed by atoms with van der Waals surface area (Å²) >= 11 is 0. The number of nitrogens with one attached hydrogen (secondary N) is 2. The minimum Gasteiger partial charge on any atom is -0.395 e. The van der Waals surface area contributed by atoms with Gasteiger partial charge in [0.25, 0.3) is 0 Å². The molecule has 0 spiro atoms. The maximum absolute atomic E-state index is 10.6. The van der Waals surface area contributed by atoms with E-state index in [0.717, 1.165) is 39.3 Å². The fraction of sp³-hybridized carbons (Fsp3) is 0.900. The minimum absolute atomic E-state index is 0.00886. The second-order valence-corrected chi connectivity index (χ2v) is 3.94. The Hall–Kier alpha value is -0.690. The lowest BCUT2D eigenvalue weighted by molar-refractivity contribution is -0.118. The van der Waals surface area contributed by atoms with Crippen LogP contribution in [0.2, 0.25) is 0 Å². The van der Waals surface area contributed by atoms with Crippen molar-refractivity contribution in [1.82, 2.24) is 20.7 Å². The van der Waals surface area contributed by atoms with Gasteiger partial charge in [0.1, 0.15) is 0 Å². The highest BCUT2D eigenvalue weighted by molar-refractivity contribution is 5.72. The number of hydrazine groups is 1. The summed E-state index contributed by atoms with van der Waals surface area (Å²) in [6.07, 6.45) is 0. The fourth-order valence-electron chi connectivity index (χ4n) is 1.72. The van der Waals surface area contributed by atoms with Crippen LogP contribution in [0.5, 0.6) is 0 Å². The van der Waals surface area contributed by atoms with E-state index in [2.05, 4.69) is 20.7 Å². The normalized spacial score (nSPS) is 18.6. The highest BCUT2D eigenvalue weighted by Crippen LogP contribution is 1.97. The lowest BCUT2D eigenvalue weighted by atomic mass is 10.3. The largest absolute Gasteiger partial charge is 0.395 e. The number of hydrogen-bond donors (Lipinski definition) is 3. The molecule has 0 aliphatic carbocycles. The molecule has 1 saturated heterocycles. The van der Waals surface area contributed by atoms with E-state index in [0.29, 0.717) is 6.54 Å². The van der Waals surface area contributed by atoms with Gasteiger partial charge < -0.3 is 10.4 Å². The van der Waals surface area contributed by atoms with Gasteiger partial charge in [0, 0.05) is 52.7 Å². The van der Waals surface area contributed by atoms with E-state index in [1.165, 1.54) is 6.92 Å². The van der Waals surface area contributed by atoms with Crippen LogP contribution in [0, 0.1) is 0 Å². The van der Waals surface area contributed by atoms with Crippen LogP contribution in [0.1, 0.15) is 6.92 Å². The number of hydrogen-bond acceptors (Lipinski definition) is 5. The molecule has 1 heterocycles. The quantitative estimate of drug-likeness (QED) is 0.472. The summed E-state index contributed by atoms with van der Waals surface area (Å²) in [4.78, 5) is 12.9. The van der Waals surface area contributed by atoms with Crippen LogP contribution >= 0.6 is 0 Å². The Labute approximate surface area is 96.6 Å². The summed E-state index contributed by atoms with van der Waals surface area (Å²) in [5, 5.41) is 13.7. The molecule has 94 valence electrons. The van der Waals surface area contributed by atoms with Crippen LogP contribution in [0.15, 0.2) is 0 Å². The van der Waals surface area contributed by atoms with Gasteiger partial charge in [-0.1, -0.05) is 0 Å². The summed E-state index contributed by atoms with van der Waals surface area (Å²) < 4.78 is 0. The molecule has 3 N–H and O–H groups in total. The topological polar surface area (TPSA) is 67.8 Å². The Balaban J connectivity index is 2.01. The Morgan fingerprint density at radius 1 is 1.25 bits per heavy atom. The number of carbonyl (C=O) groups excluding carboxylic acids is 1. The third kappa shape index (κ3) is 5.41. The number of rotatable bonds is 6. The molecule has 0 bridgehead atoms. The van der Waals surface area contributed by atoms with E-state index in [1.807, 2.05) is 0 Å². The molecule has 0 saturated carbocycles. The van der Waals surface area contributed by atoms with Crippen molar-refractivity contribution in [2.24, 2.45) is 0 Å². The van der Waals surface area contributed by atoms with Gasteiger partial charge in [-0.05, 0) is 0 Å². The molecule has 0 aromatic heterocycles. The Morgan fingerprint density at radius 2 is 1.94 bits per heavy atom. The number of aliphatic hydroxyl groups excluding tert-OH is 1. The molecule has 0 unspecified atom stereocenters. The number of carbonyl (C=O) groups is 1. The van der Waals surface area contributed by atoms with Gasteiger partial charge in [0.2, 0.25) is 5.91 Å². The standard InChI is InChI=1S/C10H22N4O2/c1-10(16)11-2-3-12-14-6-4-13(5-7-14)8-9-15/h12,15H,2-9H2,1H3,(H,11,16). The van der Waals surface area contributed by atoms with Crippen molar-refractivity contribution in [1.29, 1.82) is 0 Å². The molecule has 1 aliphatic rings. The van der Waals surface area contributed by atoms with Crippen LogP contribution in [-0.4, -0.2) is 73.3 Å². The van der Waals surface area contributed by atoms with Gasteiger partial charge in [0.15, 0.2) is 0 Å². The van der Waals surface area contributed by atoms with Crippen molar-refractivity contribution in [2.75, 3.05) is 52.4 Å². The first kappa shape index (κ1) is 13.4. The maximum Gasteiger partial charge on any atom is 0.216 e. The first-order chi connectivity index (χ1) is 7.72. The molecule has 6 nitrogen and oxygen atoms in total. The highest BCUT2D eigenvalue weighted by atomic mass is 16.3. The van der Waals surface area contributed by atoms with Crippen molar-refractivity contribution in [3.8, 4) is 0 Å². The van der Waals surface area contributed by atoms with Crippen molar-refractivity contribution in [3.05, 3.63) is 0 Å². The van der Waals surface area contributed by atoms with Crippen LogP contribution < -0.4 is 10.7 Å². The van der Waals surface area contributed by atoms with Crippen molar-refractivity contribution in [3.63, 3.8) is 0 Å². The zero-order valence-electron chi connectivity index (χ0n) is 9.91. The summed E-state index contributed by atoms with van der Waals surface area (Å²) in [6.45, 7) is 7.82. The van der Waals surface area contributed by atoms with E-state index in [-0.39, 0.29) is 12.5 Å². The van der Waals surface area contributed by atoms with Crippen LogP contribution in [0.25, 0.3) is 0 Å². The zero-order chi connectivity index (χ0) is 11.8. The second kappa shape index (κ2) is 7.56. The third-order valence-corrected chi connectivity index (χ3v) is 2.62. The predicted molar refractivity (Wildman–Crippen MR) is 61.8 cm³/mol. The fourth-order valence-corrected chi connectivity index (χ4v) is 1.72. The van der Waals surface area contributed by atoms with Crippen molar-refractivity contribution >= 4 is 5.91 Å². The van der Waals surface area contributed by atoms with E-state index in [1.54, 1.807) is 0 Å². The number of piperazine rings is 1. The predicted octanol–water partition coefficient (Wildman–Crippen LogP) is -1.76. The molecule has 1 fully saturated rings. The number of aliphatic hydroxyl groups is 1. The summed E-state index contributed by atoms with van der Waals surface area (Å²) in [6, 6.07) is 0. The summed E-state index contributed by atoms with van der Waals surface area (Å²) in [5.74, 6) is 0.00886. The molecular weight excluding hydrogens is 208 g/mol. The van der Waals surface area contributed by atoms with E-state index in [4.69, 9.17) is 5.11 Å². The second-order valence-electron chi connectivity index (χ2n) is 3.94. The Kier molecular flexibility index (Phi) is 6.32. The first-order valence-electron chi connectivity index (χ1n) is 5.78. The molecule has 0 atom stereocenters. The first-order valence-corrected chi connectivity index (χ1v) is 5.78. The average molecular weight is 230 g/mol. The van der Waals surface area contributed by atoms with Gasteiger partial charge in [-0.25, -0.2) is 5.01 Å². The van der Waals surface area contributed by atoms with E-state index < -0.39 is 0 Å². The van der Waals surface area contributed by atoms with Crippen LogP contribution in [-0.2, 0) is 4.79 Å². The Bertz CT molecular complexity index is 205. The van der Waals surface area contributed by atoms with Gasteiger partial charge >= 0.3 is 0 Å².